The van der Waals surface area contributed by atoms with Gasteiger partial charge in [-0.05, 0) is 32.4 Å². The Kier molecular flexibility index (Phi) is 4.45. The number of carboxylic acids is 1. The summed E-state index contributed by atoms with van der Waals surface area (Å²) in [5, 5.41) is 12.0. The maximum absolute atomic E-state index is 12.0. The topological polar surface area (TPSA) is 82.5 Å². The van der Waals surface area contributed by atoms with Crippen LogP contribution in [0, 0.1) is 5.41 Å². The van der Waals surface area contributed by atoms with E-state index in [1.54, 1.807) is 20.0 Å². The lowest BCUT2D eigenvalue weighted by atomic mass is 9.89. The minimum absolute atomic E-state index is 0.0115. The number of carbonyl (C=O) groups is 2. The quantitative estimate of drug-likeness (QED) is 0.854. The Morgan fingerprint density at radius 1 is 1.48 bits per heavy atom. The Morgan fingerprint density at radius 2 is 2.24 bits per heavy atom. The molecule has 1 amide bonds. The fraction of sp³-hybridized carbons (Fsp3) is 0.533. The summed E-state index contributed by atoms with van der Waals surface area (Å²) >= 11 is 0. The van der Waals surface area contributed by atoms with Gasteiger partial charge in [0.05, 0.1) is 5.41 Å². The van der Waals surface area contributed by atoms with Gasteiger partial charge in [0, 0.05) is 31.7 Å². The second-order valence-corrected chi connectivity index (χ2v) is 6.05. The van der Waals surface area contributed by atoms with Crippen molar-refractivity contribution in [2.24, 2.45) is 5.41 Å². The van der Waals surface area contributed by atoms with E-state index in [2.05, 4.69) is 15.2 Å². The van der Waals surface area contributed by atoms with Crippen LogP contribution in [0.2, 0.25) is 0 Å². The second-order valence-electron chi connectivity index (χ2n) is 6.05. The van der Waals surface area contributed by atoms with Gasteiger partial charge >= 0.3 is 5.97 Å². The highest BCUT2D eigenvalue weighted by molar-refractivity contribution is 5.84. The lowest BCUT2D eigenvalue weighted by molar-refractivity contribution is -0.149. The Bertz CT molecular complexity index is 516. The molecule has 0 radical (unpaired) electrons. The zero-order chi connectivity index (χ0) is 15.5. The van der Waals surface area contributed by atoms with Crippen LogP contribution in [-0.4, -0.2) is 41.1 Å². The smallest absolute Gasteiger partial charge is 0.309 e. The van der Waals surface area contributed by atoms with Crippen molar-refractivity contribution < 1.29 is 14.7 Å². The van der Waals surface area contributed by atoms with E-state index in [9.17, 15) is 9.59 Å². The molecule has 6 nitrogen and oxygen atoms in total. The van der Waals surface area contributed by atoms with E-state index < -0.39 is 11.4 Å². The van der Waals surface area contributed by atoms with E-state index in [0.29, 0.717) is 6.54 Å². The van der Waals surface area contributed by atoms with Gasteiger partial charge in [-0.1, -0.05) is 6.07 Å². The van der Waals surface area contributed by atoms with E-state index >= 15 is 0 Å². The standard InChI is InChI=1S/C15H21N3O3/c1-15(2,14(20)21)9-13(19)17-11-6-8-18(10-11)12-5-3-4-7-16-12/h3-5,7,11H,6,8-10H2,1-2H3,(H,17,19)(H,20,21). The molecule has 1 aromatic heterocycles. The lowest BCUT2D eigenvalue weighted by Gasteiger charge is -2.21. The Morgan fingerprint density at radius 3 is 2.86 bits per heavy atom. The van der Waals surface area contributed by atoms with Gasteiger partial charge < -0.3 is 15.3 Å². The summed E-state index contributed by atoms with van der Waals surface area (Å²) in [6.07, 6.45) is 2.58. The molecule has 0 aromatic carbocycles. The Hall–Kier alpha value is -2.11. The summed E-state index contributed by atoms with van der Waals surface area (Å²) in [4.78, 5) is 29.4. The fourth-order valence-corrected chi connectivity index (χ4v) is 2.38. The van der Waals surface area contributed by atoms with Crippen LogP contribution in [0.25, 0.3) is 0 Å². The molecule has 1 unspecified atom stereocenters. The number of hydrogen-bond acceptors (Lipinski definition) is 4. The molecule has 1 aliphatic heterocycles. The van der Waals surface area contributed by atoms with Crippen molar-refractivity contribution in [3.8, 4) is 0 Å². The SMILES string of the molecule is CC(C)(CC(=O)NC1CCN(c2ccccn2)C1)C(=O)O. The van der Waals surface area contributed by atoms with Gasteiger partial charge in [-0.15, -0.1) is 0 Å². The number of carboxylic acid groups (broad SMARTS) is 1. The summed E-state index contributed by atoms with van der Waals surface area (Å²) in [7, 11) is 0. The van der Waals surface area contributed by atoms with E-state index in [1.165, 1.54) is 0 Å². The average molecular weight is 291 g/mol. The molecule has 114 valence electrons. The molecule has 0 aliphatic carbocycles. The van der Waals surface area contributed by atoms with Crippen molar-refractivity contribution in [1.82, 2.24) is 10.3 Å². The minimum atomic E-state index is -1.04. The monoisotopic (exact) mass is 291 g/mol. The first kappa shape index (κ1) is 15.3. The van der Waals surface area contributed by atoms with Gasteiger partial charge in [0.15, 0.2) is 0 Å². The number of anilines is 1. The molecule has 1 atom stereocenters. The summed E-state index contributed by atoms with van der Waals surface area (Å²) in [6, 6.07) is 5.79. The average Bonchev–Trinajstić information content (AvgIpc) is 2.87. The van der Waals surface area contributed by atoms with Crippen LogP contribution in [-0.2, 0) is 9.59 Å². The molecule has 0 spiro atoms. The number of pyridine rings is 1. The third kappa shape index (κ3) is 3.93. The molecular formula is C15H21N3O3. The predicted molar refractivity (Wildman–Crippen MR) is 79.0 cm³/mol. The number of amides is 1. The summed E-state index contributed by atoms with van der Waals surface area (Å²) in [5.74, 6) is -0.269. The number of nitrogens with zero attached hydrogens (tertiary/aromatic N) is 2. The van der Waals surface area contributed by atoms with Crippen LogP contribution in [0.15, 0.2) is 24.4 Å². The number of aromatic nitrogens is 1. The highest BCUT2D eigenvalue weighted by Crippen LogP contribution is 2.21. The molecular weight excluding hydrogens is 270 g/mol. The molecule has 0 saturated carbocycles. The zero-order valence-electron chi connectivity index (χ0n) is 12.4. The van der Waals surface area contributed by atoms with Crippen LogP contribution >= 0.6 is 0 Å². The number of hydrogen-bond donors (Lipinski definition) is 2. The van der Waals surface area contributed by atoms with Crippen LogP contribution in [0.3, 0.4) is 0 Å². The van der Waals surface area contributed by atoms with Crippen LogP contribution < -0.4 is 10.2 Å². The molecule has 1 saturated heterocycles. The third-order valence-electron chi connectivity index (χ3n) is 3.71. The highest BCUT2D eigenvalue weighted by Gasteiger charge is 2.32. The van der Waals surface area contributed by atoms with Gasteiger partial charge in [-0.25, -0.2) is 4.98 Å². The first-order chi connectivity index (χ1) is 9.88. The number of aliphatic carboxylic acids is 1. The largest absolute Gasteiger partial charge is 0.481 e. The van der Waals surface area contributed by atoms with Crippen LogP contribution in [0.4, 0.5) is 5.82 Å². The van der Waals surface area contributed by atoms with E-state index in [1.807, 2.05) is 18.2 Å². The van der Waals surface area contributed by atoms with Crippen molar-refractivity contribution in [2.45, 2.75) is 32.7 Å². The van der Waals surface area contributed by atoms with Gasteiger partial charge in [-0.2, -0.15) is 0 Å². The molecule has 2 heterocycles. The maximum atomic E-state index is 12.0. The normalized spacial score (nSPS) is 18.6. The first-order valence-corrected chi connectivity index (χ1v) is 7.07. The Balaban J connectivity index is 1.86. The van der Waals surface area contributed by atoms with Crippen LogP contribution in [0.1, 0.15) is 26.7 Å². The van der Waals surface area contributed by atoms with E-state index in [0.717, 1.165) is 18.8 Å². The molecule has 1 aliphatic rings. The van der Waals surface area contributed by atoms with Crippen molar-refractivity contribution in [3.05, 3.63) is 24.4 Å². The minimum Gasteiger partial charge on any atom is -0.481 e. The van der Waals surface area contributed by atoms with E-state index in [-0.39, 0.29) is 18.4 Å². The van der Waals surface area contributed by atoms with Gasteiger partial charge in [0.2, 0.25) is 5.91 Å². The summed E-state index contributed by atoms with van der Waals surface area (Å²) in [6.45, 7) is 4.66. The van der Waals surface area contributed by atoms with Gasteiger partial charge in [0.25, 0.3) is 0 Å². The van der Waals surface area contributed by atoms with Crippen molar-refractivity contribution >= 4 is 17.7 Å². The van der Waals surface area contributed by atoms with Gasteiger partial charge in [0.1, 0.15) is 5.82 Å². The van der Waals surface area contributed by atoms with Crippen molar-refractivity contribution in [1.29, 1.82) is 0 Å². The number of carbonyl (C=O) groups excluding carboxylic acids is 1. The van der Waals surface area contributed by atoms with Gasteiger partial charge in [-0.3, -0.25) is 9.59 Å². The first-order valence-electron chi connectivity index (χ1n) is 7.07. The lowest BCUT2D eigenvalue weighted by Crippen LogP contribution is -2.40. The molecule has 1 fully saturated rings. The maximum Gasteiger partial charge on any atom is 0.309 e. The number of nitrogens with one attached hydrogen (secondary N) is 1. The predicted octanol–water partition coefficient (Wildman–Crippen LogP) is 1.28. The molecule has 1 aromatic rings. The highest BCUT2D eigenvalue weighted by atomic mass is 16.4. The third-order valence-corrected chi connectivity index (χ3v) is 3.71. The van der Waals surface area contributed by atoms with Crippen molar-refractivity contribution in [2.75, 3.05) is 18.0 Å². The fourth-order valence-electron chi connectivity index (χ4n) is 2.38. The molecule has 2 rings (SSSR count). The Labute approximate surface area is 124 Å². The molecule has 2 N–H and O–H groups in total. The summed E-state index contributed by atoms with van der Waals surface area (Å²) in [5.41, 5.74) is -1.04. The molecule has 21 heavy (non-hydrogen) atoms. The molecule has 6 heteroatoms. The van der Waals surface area contributed by atoms with Crippen molar-refractivity contribution in [3.63, 3.8) is 0 Å². The van der Waals surface area contributed by atoms with Crippen LogP contribution in [0.5, 0.6) is 0 Å². The second kappa shape index (κ2) is 6.11. The zero-order valence-corrected chi connectivity index (χ0v) is 12.4. The summed E-state index contributed by atoms with van der Waals surface area (Å²) < 4.78 is 0. The van der Waals surface area contributed by atoms with E-state index in [4.69, 9.17) is 5.11 Å². The molecule has 0 bridgehead atoms. The number of rotatable bonds is 5.